The minimum atomic E-state index is -0.497. The Hall–Kier alpha value is -1.26. The second kappa shape index (κ2) is 4.78. The van der Waals surface area contributed by atoms with Crippen molar-refractivity contribution in [2.75, 3.05) is 6.79 Å². The van der Waals surface area contributed by atoms with Crippen LogP contribution < -0.4 is 15.2 Å². The Bertz CT molecular complexity index is 429. The lowest BCUT2D eigenvalue weighted by Gasteiger charge is -2.25. The number of benzene rings is 1. The molecule has 2 aliphatic rings. The molecule has 98 valence electrons. The molecule has 3 rings (SSSR count). The van der Waals surface area contributed by atoms with Crippen LogP contribution in [0.25, 0.3) is 0 Å². The number of aliphatic hydroxyl groups excluding tert-OH is 1. The Morgan fingerprint density at radius 1 is 1.22 bits per heavy atom. The van der Waals surface area contributed by atoms with Crippen molar-refractivity contribution >= 4 is 0 Å². The Morgan fingerprint density at radius 3 is 2.78 bits per heavy atom. The lowest BCUT2D eigenvalue weighted by atomic mass is 9.90. The van der Waals surface area contributed by atoms with E-state index in [0.717, 1.165) is 24.2 Å². The zero-order valence-corrected chi connectivity index (χ0v) is 10.3. The number of nitrogens with two attached hydrogens (primary N) is 1. The smallest absolute Gasteiger partial charge is 0.231 e. The highest BCUT2D eigenvalue weighted by atomic mass is 16.7. The zero-order chi connectivity index (χ0) is 12.5. The fraction of sp³-hybridized carbons (Fsp3) is 0.571. The fourth-order valence-electron chi connectivity index (χ4n) is 2.99. The first kappa shape index (κ1) is 11.8. The van der Waals surface area contributed by atoms with Crippen molar-refractivity contribution in [1.29, 1.82) is 0 Å². The minimum Gasteiger partial charge on any atom is -0.454 e. The normalized spacial score (nSPS) is 22.1. The fourth-order valence-corrected chi connectivity index (χ4v) is 2.99. The largest absolute Gasteiger partial charge is 0.454 e. The molecule has 1 aromatic carbocycles. The number of ether oxygens (including phenoxy) is 2. The molecule has 0 amide bonds. The number of hydrogen-bond donors (Lipinski definition) is 2. The molecule has 4 nitrogen and oxygen atoms in total. The molecule has 2 atom stereocenters. The highest BCUT2D eigenvalue weighted by molar-refractivity contribution is 5.49. The summed E-state index contributed by atoms with van der Waals surface area (Å²) in [7, 11) is 0. The molecule has 1 aromatic rings. The predicted octanol–water partition coefficient (Wildman–Crippen LogP) is 1.97. The lowest BCUT2D eigenvalue weighted by molar-refractivity contribution is 0.0831. The summed E-state index contributed by atoms with van der Waals surface area (Å²) in [5.74, 6) is 1.74. The van der Waals surface area contributed by atoms with E-state index in [0.29, 0.717) is 11.7 Å². The third-order valence-corrected chi connectivity index (χ3v) is 4.04. The second-order valence-corrected chi connectivity index (χ2v) is 5.14. The van der Waals surface area contributed by atoms with Crippen LogP contribution in [-0.4, -0.2) is 18.0 Å². The third-order valence-electron chi connectivity index (χ3n) is 4.04. The van der Waals surface area contributed by atoms with Gasteiger partial charge in [-0.15, -0.1) is 0 Å². The van der Waals surface area contributed by atoms with Crippen LogP contribution in [0.15, 0.2) is 18.2 Å². The highest BCUT2D eigenvalue weighted by Gasteiger charge is 2.31. The van der Waals surface area contributed by atoms with Gasteiger partial charge in [0.15, 0.2) is 11.5 Å². The van der Waals surface area contributed by atoms with Crippen molar-refractivity contribution in [2.45, 2.75) is 37.8 Å². The van der Waals surface area contributed by atoms with Gasteiger partial charge in [0, 0.05) is 5.56 Å². The van der Waals surface area contributed by atoms with Gasteiger partial charge in [-0.05, 0) is 24.8 Å². The van der Waals surface area contributed by atoms with Crippen LogP contribution in [0.1, 0.15) is 37.3 Å². The van der Waals surface area contributed by atoms with Gasteiger partial charge in [0.05, 0.1) is 12.1 Å². The maximum atomic E-state index is 10.4. The van der Waals surface area contributed by atoms with Crippen LogP contribution in [0.2, 0.25) is 0 Å². The molecule has 1 fully saturated rings. The summed E-state index contributed by atoms with van der Waals surface area (Å²) in [5.41, 5.74) is 7.06. The van der Waals surface area contributed by atoms with Crippen molar-refractivity contribution in [2.24, 2.45) is 11.7 Å². The van der Waals surface area contributed by atoms with Gasteiger partial charge in [-0.3, -0.25) is 0 Å². The Balaban J connectivity index is 1.83. The summed E-state index contributed by atoms with van der Waals surface area (Å²) in [6.45, 7) is 0.235. The Kier molecular flexibility index (Phi) is 3.14. The van der Waals surface area contributed by atoms with Gasteiger partial charge in [0.1, 0.15) is 0 Å². The molecular formula is C14H19NO3. The van der Waals surface area contributed by atoms with Crippen LogP contribution in [0.3, 0.4) is 0 Å². The molecule has 1 heterocycles. The van der Waals surface area contributed by atoms with Crippen LogP contribution in [0.5, 0.6) is 11.5 Å². The van der Waals surface area contributed by atoms with E-state index in [2.05, 4.69) is 0 Å². The van der Waals surface area contributed by atoms with E-state index in [9.17, 15) is 5.11 Å². The summed E-state index contributed by atoms with van der Waals surface area (Å²) in [6, 6.07) is 5.27. The van der Waals surface area contributed by atoms with Gasteiger partial charge in [0.25, 0.3) is 0 Å². The van der Waals surface area contributed by atoms with Gasteiger partial charge in [0.2, 0.25) is 6.79 Å². The second-order valence-electron chi connectivity index (χ2n) is 5.14. The standard InChI is InChI=1S/C14H19NO3/c15-12(13(16)9-4-1-2-5-9)10-6-3-7-11-14(10)18-8-17-11/h3,6-7,9,12-13,16H,1-2,4-5,8,15H2/t12-,13+/m1/s1. The van der Waals surface area contributed by atoms with Crippen LogP contribution >= 0.6 is 0 Å². The first-order valence-electron chi connectivity index (χ1n) is 6.59. The maximum Gasteiger partial charge on any atom is 0.231 e. The van der Waals surface area contributed by atoms with Crippen molar-refractivity contribution in [1.82, 2.24) is 0 Å². The van der Waals surface area contributed by atoms with Gasteiger partial charge in [-0.2, -0.15) is 0 Å². The van der Waals surface area contributed by atoms with Crippen molar-refractivity contribution in [3.05, 3.63) is 23.8 Å². The molecular weight excluding hydrogens is 230 g/mol. The molecule has 0 spiro atoms. The van der Waals surface area contributed by atoms with Gasteiger partial charge < -0.3 is 20.3 Å². The minimum absolute atomic E-state index is 0.235. The van der Waals surface area contributed by atoms with Crippen LogP contribution in [0.4, 0.5) is 0 Å². The maximum absolute atomic E-state index is 10.4. The molecule has 0 radical (unpaired) electrons. The quantitative estimate of drug-likeness (QED) is 0.859. The summed E-state index contributed by atoms with van der Waals surface area (Å²) < 4.78 is 10.8. The molecule has 0 saturated heterocycles. The van der Waals surface area contributed by atoms with E-state index >= 15 is 0 Å². The van der Waals surface area contributed by atoms with E-state index in [-0.39, 0.29) is 6.79 Å². The van der Waals surface area contributed by atoms with Gasteiger partial charge in [-0.25, -0.2) is 0 Å². The monoisotopic (exact) mass is 249 g/mol. The molecule has 0 unspecified atom stereocenters. The molecule has 0 aromatic heterocycles. The van der Waals surface area contributed by atoms with E-state index < -0.39 is 12.1 Å². The van der Waals surface area contributed by atoms with Crippen LogP contribution in [-0.2, 0) is 0 Å². The van der Waals surface area contributed by atoms with E-state index in [4.69, 9.17) is 15.2 Å². The van der Waals surface area contributed by atoms with Crippen molar-refractivity contribution in [3.63, 3.8) is 0 Å². The lowest BCUT2D eigenvalue weighted by Crippen LogP contribution is -2.32. The predicted molar refractivity (Wildman–Crippen MR) is 67.5 cm³/mol. The SMILES string of the molecule is N[C@H](c1cccc2c1OCO2)[C@@H](O)C1CCCC1. The molecule has 1 aliphatic heterocycles. The molecule has 1 saturated carbocycles. The number of hydrogen-bond acceptors (Lipinski definition) is 4. The number of aliphatic hydroxyl groups is 1. The average Bonchev–Trinajstić information content (AvgIpc) is 3.06. The Labute approximate surface area is 107 Å². The van der Waals surface area contributed by atoms with Crippen molar-refractivity contribution < 1.29 is 14.6 Å². The summed E-state index contributed by atoms with van der Waals surface area (Å²) in [4.78, 5) is 0. The van der Waals surface area contributed by atoms with E-state index in [1.54, 1.807) is 0 Å². The third kappa shape index (κ3) is 1.95. The first-order valence-corrected chi connectivity index (χ1v) is 6.59. The highest BCUT2D eigenvalue weighted by Crippen LogP contribution is 2.41. The van der Waals surface area contributed by atoms with Gasteiger partial charge in [-0.1, -0.05) is 25.0 Å². The van der Waals surface area contributed by atoms with Crippen LogP contribution in [0, 0.1) is 5.92 Å². The molecule has 4 heteroatoms. The van der Waals surface area contributed by atoms with Gasteiger partial charge >= 0.3 is 0 Å². The molecule has 3 N–H and O–H groups in total. The van der Waals surface area contributed by atoms with E-state index in [1.807, 2.05) is 18.2 Å². The number of rotatable bonds is 3. The molecule has 1 aliphatic carbocycles. The number of fused-ring (bicyclic) bond motifs is 1. The summed E-state index contributed by atoms with van der Waals surface area (Å²) in [5, 5.41) is 10.4. The number of para-hydroxylation sites is 1. The average molecular weight is 249 g/mol. The molecule has 0 bridgehead atoms. The zero-order valence-electron chi connectivity index (χ0n) is 10.3. The summed E-state index contributed by atoms with van der Waals surface area (Å²) >= 11 is 0. The topological polar surface area (TPSA) is 64.7 Å². The summed E-state index contributed by atoms with van der Waals surface area (Å²) in [6.07, 6.45) is 4.04. The molecule has 18 heavy (non-hydrogen) atoms. The Morgan fingerprint density at radius 2 is 2.00 bits per heavy atom. The first-order chi connectivity index (χ1) is 8.77. The van der Waals surface area contributed by atoms with Crippen molar-refractivity contribution in [3.8, 4) is 11.5 Å². The van der Waals surface area contributed by atoms with E-state index in [1.165, 1.54) is 12.8 Å².